The highest BCUT2D eigenvalue weighted by Crippen LogP contribution is 2.00. The molecule has 0 unspecified atom stereocenters. The molecule has 0 aromatic carbocycles. The molecule has 0 saturated carbocycles. The molecule has 0 bridgehead atoms. The van der Waals surface area contributed by atoms with Gasteiger partial charge in [0.1, 0.15) is 0 Å². The molecule has 0 heterocycles. The molecule has 19 heavy (non-hydrogen) atoms. The first-order chi connectivity index (χ1) is 8.94. The number of nitrogens with zero attached hydrogens (tertiary/aromatic N) is 2. The van der Waals surface area contributed by atoms with Crippen molar-refractivity contribution in [3.63, 3.8) is 0 Å². The van der Waals surface area contributed by atoms with Gasteiger partial charge in [0, 0.05) is 13.1 Å². The molecule has 0 radical (unpaired) electrons. The van der Waals surface area contributed by atoms with Gasteiger partial charge in [0.2, 0.25) is 5.91 Å². The van der Waals surface area contributed by atoms with Gasteiger partial charge in [-0.3, -0.25) is 14.5 Å². The lowest BCUT2D eigenvalue weighted by Crippen LogP contribution is -2.43. The number of rotatable bonds is 9. The summed E-state index contributed by atoms with van der Waals surface area (Å²) in [6.45, 7) is 12.0. The molecule has 5 heteroatoms. The van der Waals surface area contributed by atoms with Crippen molar-refractivity contribution in [3.05, 3.63) is 12.2 Å². The van der Waals surface area contributed by atoms with Crippen LogP contribution in [0.3, 0.4) is 0 Å². The summed E-state index contributed by atoms with van der Waals surface area (Å²) in [6, 6.07) is 0. The molecule has 0 aliphatic carbocycles. The fourth-order valence-corrected chi connectivity index (χ4v) is 1.77. The molecule has 0 aliphatic heterocycles. The van der Waals surface area contributed by atoms with Gasteiger partial charge >= 0.3 is 5.97 Å². The van der Waals surface area contributed by atoms with Crippen LogP contribution in [0.1, 0.15) is 27.2 Å². The van der Waals surface area contributed by atoms with Crippen molar-refractivity contribution < 1.29 is 14.3 Å². The number of hydrogen-bond donors (Lipinski definition) is 0. The lowest BCUT2D eigenvalue weighted by molar-refractivity contribution is -0.142. The Balaban J connectivity index is 4.50. The number of esters is 1. The fraction of sp³-hybridized carbons (Fsp3) is 0.714. The SMILES string of the molecule is C=C(C)CN(CC)C(=O)CN(CCC)CC(=O)OC. The normalized spacial score (nSPS) is 10.4. The third-order valence-corrected chi connectivity index (χ3v) is 2.67. The first-order valence-corrected chi connectivity index (χ1v) is 6.65. The largest absolute Gasteiger partial charge is 0.468 e. The number of methoxy groups -OCH3 is 1. The van der Waals surface area contributed by atoms with E-state index in [-0.39, 0.29) is 25.0 Å². The number of ether oxygens (including phenoxy) is 1. The molecule has 0 aromatic heterocycles. The maximum absolute atomic E-state index is 12.2. The number of carbonyl (C=O) groups is 2. The highest BCUT2D eigenvalue weighted by Gasteiger charge is 2.18. The topological polar surface area (TPSA) is 49.9 Å². The van der Waals surface area contributed by atoms with E-state index in [0.29, 0.717) is 19.6 Å². The van der Waals surface area contributed by atoms with E-state index in [1.807, 2.05) is 25.7 Å². The minimum absolute atomic E-state index is 0.0165. The van der Waals surface area contributed by atoms with Crippen LogP contribution in [0.5, 0.6) is 0 Å². The van der Waals surface area contributed by atoms with Crippen LogP contribution < -0.4 is 0 Å². The van der Waals surface area contributed by atoms with Crippen molar-refractivity contribution in [2.24, 2.45) is 0 Å². The van der Waals surface area contributed by atoms with E-state index in [2.05, 4.69) is 11.3 Å². The molecule has 1 amide bonds. The Kier molecular flexibility index (Phi) is 8.87. The maximum Gasteiger partial charge on any atom is 0.319 e. The Bertz CT molecular complexity index is 316. The monoisotopic (exact) mass is 270 g/mol. The number of hydrogen-bond acceptors (Lipinski definition) is 4. The Morgan fingerprint density at radius 3 is 2.21 bits per heavy atom. The summed E-state index contributed by atoms with van der Waals surface area (Å²) in [6.07, 6.45) is 0.886. The van der Waals surface area contributed by atoms with Crippen molar-refractivity contribution >= 4 is 11.9 Å². The van der Waals surface area contributed by atoms with Crippen molar-refractivity contribution in [2.45, 2.75) is 27.2 Å². The van der Waals surface area contributed by atoms with E-state index < -0.39 is 0 Å². The fourth-order valence-electron chi connectivity index (χ4n) is 1.77. The molecular formula is C14H26N2O3. The van der Waals surface area contributed by atoms with Gasteiger partial charge in [-0.05, 0) is 26.8 Å². The van der Waals surface area contributed by atoms with E-state index in [1.165, 1.54) is 7.11 Å². The van der Waals surface area contributed by atoms with Gasteiger partial charge in [-0.1, -0.05) is 19.1 Å². The molecular weight excluding hydrogens is 244 g/mol. The van der Waals surface area contributed by atoms with Crippen LogP contribution in [0.25, 0.3) is 0 Å². The Labute approximate surface area is 116 Å². The van der Waals surface area contributed by atoms with Crippen LogP contribution >= 0.6 is 0 Å². The molecule has 110 valence electrons. The maximum atomic E-state index is 12.2. The highest BCUT2D eigenvalue weighted by molar-refractivity contribution is 5.79. The predicted molar refractivity (Wildman–Crippen MR) is 75.8 cm³/mol. The molecule has 0 saturated heterocycles. The lowest BCUT2D eigenvalue weighted by atomic mass is 10.3. The first kappa shape index (κ1) is 17.6. The van der Waals surface area contributed by atoms with Crippen LogP contribution in [-0.4, -0.2) is 61.5 Å². The number of amides is 1. The summed E-state index contributed by atoms with van der Waals surface area (Å²) >= 11 is 0. The lowest BCUT2D eigenvalue weighted by Gasteiger charge is -2.26. The molecule has 0 aromatic rings. The third kappa shape index (κ3) is 7.62. The molecule has 0 spiro atoms. The minimum atomic E-state index is -0.316. The van der Waals surface area contributed by atoms with Crippen LogP contribution in [0.2, 0.25) is 0 Å². The summed E-state index contributed by atoms with van der Waals surface area (Å²) < 4.78 is 4.64. The van der Waals surface area contributed by atoms with Crippen LogP contribution in [0.4, 0.5) is 0 Å². The molecule has 0 atom stereocenters. The summed E-state index contributed by atoms with van der Waals surface area (Å²) in [5, 5.41) is 0. The van der Waals surface area contributed by atoms with Crippen LogP contribution in [0, 0.1) is 0 Å². The first-order valence-electron chi connectivity index (χ1n) is 6.65. The van der Waals surface area contributed by atoms with Gasteiger partial charge in [0.05, 0.1) is 20.2 Å². The minimum Gasteiger partial charge on any atom is -0.468 e. The van der Waals surface area contributed by atoms with Crippen molar-refractivity contribution in [3.8, 4) is 0 Å². The van der Waals surface area contributed by atoms with Gasteiger partial charge in [0.25, 0.3) is 0 Å². The molecule has 0 fully saturated rings. The van der Waals surface area contributed by atoms with E-state index in [1.54, 1.807) is 4.90 Å². The predicted octanol–water partition coefficient (Wildman–Crippen LogP) is 1.30. The summed E-state index contributed by atoms with van der Waals surface area (Å²) in [7, 11) is 1.35. The van der Waals surface area contributed by atoms with Gasteiger partial charge in [0.15, 0.2) is 0 Å². The van der Waals surface area contributed by atoms with Crippen molar-refractivity contribution in [2.75, 3.05) is 39.8 Å². The Morgan fingerprint density at radius 2 is 1.79 bits per heavy atom. The zero-order valence-corrected chi connectivity index (χ0v) is 12.6. The van der Waals surface area contributed by atoms with Gasteiger partial charge in [-0.2, -0.15) is 0 Å². The quantitative estimate of drug-likeness (QED) is 0.468. The zero-order valence-electron chi connectivity index (χ0n) is 12.6. The van der Waals surface area contributed by atoms with E-state index in [0.717, 1.165) is 12.0 Å². The van der Waals surface area contributed by atoms with Gasteiger partial charge in [-0.25, -0.2) is 0 Å². The summed E-state index contributed by atoms with van der Waals surface area (Å²) in [5.41, 5.74) is 0.949. The van der Waals surface area contributed by atoms with Crippen LogP contribution in [0.15, 0.2) is 12.2 Å². The summed E-state index contributed by atoms with van der Waals surface area (Å²) in [4.78, 5) is 27.0. The number of carbonyl (C=O) groups excluding carboxylic acids is 2. The average Bonchev–Trinajstić information content (AvgIpc) is 2.35. The van der Waals surface area contributed by atoms with E-state index in [4.69, 9.17) is 0 Å². The average molecular weight is 270 g/mol. The third-order valence-electron chi connectivity index (χ3n) is 2.67. The van der Waals surface area contributed by atoms with E-state index in [9.17, 15) is 9.59 Å². The molecule has 0 aliphatic rings. The smallest absolute Gasteiger partial charge is 0.319 e. The molecule has 5 nitrogen and oxygen atoms in total. The van der Waals surface area contributed by atoms with Gasteiger partial charge < -0.3 is 9.64 Å². The van der Waals surface area contributed by atoms with E-state index >= 15 is 0 Å². The van der Waals surface area contributed by atoms with Crippen LogP contribution in [-0.2, 0) is 14.3 Å². The zero-order chi connectivity index (χ0) is 14.8. The van der Waals surface area contributed by atoms with Crippen molar-refractivity contribution in [1.29, 1.82) is 0 Å². The second-order valence-corrected chi connectivity index (χ2v) is 4.65. The highest BCUT2D eigenvalue weighted by atomic mass is 16.5. The second kappa shape index (κ2) is 9.55. The van der Waals surface area contributed by atoms with Gasteiger partial charge in [-0.15, -0.1) is 0 Å². The molecule has 0 rings (SSSR count). The molecule has 0 N–H and O–H groups in total. The van der Waals surface area contributed by atoms with Crippen molar-refractivity contribution in [1.82, 2.24) is 9.80 Å². The Hall–Kier alpha value is -1.36. The Morgan fingerprint density at radius 1 is 1.16 bits per heavy atom. The number of likely N-dealkylation sites (N-methyl/N-ethyl adjacent to an activating group) is 1. The summed E-state index contributed by atoms with van der Waals surface area (Å²) in [5.74, 6) is -0.299. The standard InChI is InChI=1S/C14H26N2O3/c1-6-8-15(11-14(18)19-5)10-13(17)16(7-2)9-12(3)4/h3,6-11H2,1-2,4-5H3. The second-order valence-electron chi connectivity index (χ2n) is 4.65.